The maximum Gasteiger partial charge on any atom is 0.298 e. The molecule has 0 aliphatic carbocycles. The summed E-state index contributed by atoms with van der Waals surface area (Å²) < 4.78 is 5.46. The van der Waals surface area contributed by atoms with Gasteiger partial charge in [0.15, 0.2) is 0 Å². The zero-order chi connectivity index (χ0) is 13.8. The minimum atomic E-state index is -0.973. The first-order valence-corrected chi connectivity index (χ1v) is 6.71. The van der Waals surface area contributed by atoms with E-state index in [1.807, 2.05) is 11.9 Å². The number of hydrogen-bond acceptors (Lipinski definition) is 5. The highest BCUT2D eigenvalue weighted by atomic mass is 16.5. The molecule has 0 saturated carbocycles. The lowest BCUT2D eigenvalue weighted by Gasteiger charge is -2.22. The highest BCUT2D eigenvalue weighted by Crippen LogP contribution is 2.16. The van der Waals surface area contributed by atoms with Crippen molar-refractivity contribution in [1.82, 2.24) is 15.4 Å². The van der Waals surface area contributed by atoms with Gasteiger partial charge in [0.2, 0.25) is 11.8 Å². The summed E-state index contributed by atoms with van der Waals surface area (Å²) in [5.41, 5.74) is 2.77. The molecule has 0 spiro atoms. The molecule has 2 heterocycles. The van der Waals surface area contributed by atoms with Gasteiger partial charge in [0.1, 0.15) is 0 Å². The van der Waals surface area contributed by atoms with Crippen LogP contribution in [0, 0.1) is 0 Å². The van der Waals surface area contributed by atoms with Crippen molar-refractivity contribution in [3.63, 3.8) is 0 Å². The number of carbonyl (C=O) groups excluding carboxylic acids is 2. The molecule has 2 amide bonds. The van der Waals surface area contributed by atoms with Gasteiger partial charge in [-0.1, -0.05) is 6.92 Å². The van der Waals surface area contributed by atoms with Gasteiger partial charge in [-0.05, 0) is 19.3 Å². The smallest absolute Gasteiger partial charge is 0.298 e. The third kappa shape index (κ3) is 3.23. The van der Waals surface area contributed by atoms with Crippen LogP contribution in [0.5, 0.6) is 0 Å². The first-order chi connectivity index (χ1) is 9.11. The van der Waals surface area contributed by atoms with E-state index in [9.17, 15) is 9.59 Å². The van der Waals surface area contributed by atoms with Crippen LogP contribution in [0.1, 0.15) is 39.5 Å². The van der Waals surface area contributed by atoms with Crippen molar-refractivity contribution in [3.05, 3.63) is 0 Å². The molecule has 2 aliphatic heterocycles. The number of nitrogens with zero attached hydrogens (tertiary/aromatic N) is 3. The maximum atomic E-state index is 12.1. The highest BCUT2D eigenvalue weighted by Gasteiger charge is 2.37. The molecule has 19 heavy (non-hydrogen) atoms. The first kappa shape index (κ1) is 13.8. The van der Waals surface area contributed by atoms with Crippen LogP contribution in [0.3, 0.4) is 0 Å². The zero-order valence-electron chi connectivity index (χ0n) is 11.4. The van der Waals surface area contributed by atoms with Gasteiger partial charge in [0.25, 0.3) is 12.1 Å². The molecule has 0 radical (unpaired) electrons. The fourth-order valence-electron chi connectivity index (χ4n) is 2.14. The van der Waals surface area contributed by atoms with Gasteiger partial charge in [0.05, 0.1) is 0 Å². The van der Waals surface area contributed by atoms with Gasteiger partial charge in [-0.2, -0.15) is 5.01 Å². The molecule has 1 fully saturated rings. The number of hydrazone groups is 1. The summed E-state index contributed by atoms with van der Waals surface area (Å²) in [6.07, 6.45) is 2.64. The minimum absolute atomic E-state index is 0.298. The lowest BCUT2D eigenvalue weighted by molar-refractivity contribution is -0.149. The molecule has 1 unspecified atom stereocenters. The van der Waals surface area contributed by atoms with Crippen molar-refractivity contribution in [2.75, 3.05) is 13.1 Å². The molecule has 0 aromatic rings. The third-order valence-electron chi connectivity index (χ3n) is 3.07. The Morgan fingerprint density at radius 2 is 2.11 bits per heavy atom. The standard InChI is InChI=1S/C12H20N4O3/c1-3-6-10-13-16(9(2)17)12(19-10)11(18)14-15-7-4-5-8-15/h12H,3-8H2,1-2H3,(H,14,18). The Balaban J connectivity index is 1.98. The molecule has 7 heteroatoms. The van der Waals surface area contributed by atoms with E-state index in [4.69, 9.17) is 4.74 Å². The van der Waals surface area contributed by atoms with E-state index in [1.54, 1.807) is 0 Å². The summed E-state index contributed by atoms with van der Waals surface area (Å²) in [7, 11) is 0. The molecule has 0 aromatic heterocycles. The average molecular weight is 268 g/mol. The first-order valence-electron chi connectivity index (χ1n) is 6.71. The predicted octanol–water partition coefficient (Wildman–Crippen LogP) is 0.432. The number of nitrogens with one attached hydrogen (secondary N) is 1. The number of amides is 2. The fraction of sp³-hybridized carbons (Fsp3) is 0.750. The van der Waals surface area contributed by atoms with Gasteiger partial charge >= 0.3 is 0 Å². The van der Waals surface area contributed by atoms with Crippen LogP contribution in [0.25, 0.3) is 0 Å². The van der Waals surface area contributed by atoms with Gasteiger partial charge in [-0.25, -0.2) is 5.01 Å². The summed E-state index contributed by atoms with van der Waals surface area (Å²) in [5.74, 6) is -0.195. The van der Waals surface area contributed by atoms with Crippen molar-refractivity contribution < 1.29 is 14.3 Å². The Labute approximate surface area is 112 Å². The van der Waals surface area contributed by atoms with Crippen molar-refractivity contribution in [2.24, 2.45) is 5.10 Å². The van der Waals surface area contributed by atoms with Crippen molar-refractivity contribution >= 4 is 17.7 Å². The van der Waals surface area contributed by atoms with Crippen LogP contribution in [-0.4, -0.2) is 47.0 Å². The predicted molar refractivity (Wildman–Crippen MR) is 68.7 cm³/mol. The average Bonchev–Trinajstić information content (AvgIpc) is 2.98. The van der Waals surface area contributed by atoms with Crippen LogP contribution in [0.2, 0.25) is 0 Å². The molecule has 0 bridgehead atoms. The molecule has 1 atom stereocenters. The summed E-state index contributed by atoms with van der Waals surface area (Å²) in [6, 6.07) is 0. The highest BCUT2D eigenvalue weighted by molar-refractivity contribution is 5.91. The van der Waals surface area contributed by atoms with E-state index in [0.717, 1.165) is 37.4 Å². The number of ether oxygens (including phenoxy) is 1. The SMILES string of the molecule is CCCC1=NN(C(C)=O)C(C(=O)NN2CCCC2)O1. The summed E-state index contributed by atoms with van der Waals surface area (Å²) >= 11 is 0. The summed E-state index contributed by atoms with van der Waals surface area (Å²) in [4.78, 5) is 23.6. The maximum absolute atomic E-state index is 12.1. The molecule has 7 nitrogen and oxygen atoms in total. The van der Waals surface area contributed by atoms with E-state index in [0.29, 0.717) is 12.3 Å². The van der Waals surface area contributed by atoms with E-state index >= 15 is 0 Å². The van der Waals surface area contributed by atoms with E-state index in [1.165, 1.54) is 6.92 Å². The number of hydrogen-bond donors (Lipinski definition) is 1. The fourth-order valence-corrected chi connectivity index (χ4v) is 2.14. The van der Waals surface area contributed by atoms with E-state index in [2.05, 4.69) is 10.5 Å². The lowest BCUT2D eigenvalue weighted by Crippen LogP contribution is -2.50. The van der Waals surface area contributed by atoms with Crippen LogP contribution in [0.4, 0.5) is 0 Å². The molecule has 2 aliphatic rings. The number of rotatable bonds is 4. The lowest BCUT2D eigenvalue weighted by atomic mass is 10.3. The quantitative estimate of drug-likeness (QED) is 0.802. The molecule has 0 aromatic carbocycles. The van der Waals surface area contributed by atoms with Crippen LogP contribution < -0.4 is 5.43 Å². The van der Waals surface area contributed by atoms with Crippen molar-refractivity contribution in [3.8, 4) is 0 Å². The van der Waals surface area contributed by atoms with E-state index in [-0.39, 0.29) is 11.8 Å². The van der Waals surface area contributed by atoms with Crippen LogP contribution in [0.15, 0.2) is 5.10 Å². The summed E-state index contributed by atoms with van der Waals surface area (Å²) in [6.45, 7) is 5.03. The molecule has 1 N–H and O–H groups in total. The topological polar surface area (TPSA) is 74.2 Å². The zero-order valence-corrected chi connectivity index (χ0v) is 11.4. The van der Waals surface area contributed by atoms with Gasteiger partial charge in [-0.15, -0.1) is 5.10 Å². The molecular formula is C12H20N4O3. The van der Waals surface area contributed by atoms with E-state index < -0.39 is 6.23 Å². The van der Waals surface area contributed by atoms with Gasteiger partial charge < -0.3 is 4.74 Å². The number of carbonyl (C=O) groups is 2. The largest absolute Gasteiger partial charge is 0.444 e. The van der Waals surface area contributed by atoms with Crippen molar-refractivity contribution in [1.29, 1.82) is 0 Å². The second-order valence-corrected chi connectivity index (χ2v) is 4.75. The molecule has 106 valence electrons. The Kier molecular flexibility index (Phi) is 4.36. The van der Waals surface area contributed by atoms with Crippen LogP contribution in [-0.2, 0) is 14.3 Å². The summed E-state index contributed by atoms with van der Waals surface area (Å²) in [5, 5.41) is 7.01. The minimum Gasteiger partial charge on any atom is -0.444 e. The number of hydrazine groups is 1. The van der Waals surface area contributed by atoms with Crippen molar-refractivity contribution in [2.45, 2.75) is 45.8 Å². The Bertz CT molecular complexity index is 390. The van der Waals surface area contributed by atoms with Crippen LogP contribution >= 0.6 is 0 Å². The Hall–Kier alpha value is -1.63. The molecule has 1 saturated heterocycles. The second-order valence-electron chi connectivity index (χ2n) is 4.75. The van der Waals surface area contributed by atoms with Gasteiger partial charge in [-0.3, -0.25) is 15.0 Å². The Morgan fingerprint density at radius 1 is 1.42 bits per heavy atom. The van der Waals surface area contributed by atoms with Gasteiger partial charge in [0, 0.05) is 26.4 Å². The third-order valence-corrected chi connectivity index (χ3v) is 3.07. The Morgan fingerprint density at radius 3 is 2.68 bits per heavy atom. The second kappa shape index (κ2) is 6.01. The monoisotopic (exact) mass is 268 g/mol. The molecule has 2 rings (SSSR count). The normalized spacial score (nSPS) is 23.2. The molecular weight excluding hydrogens is 248 g/mol.